The third kappa shape index (κ3) is 2.40. The largest absolute Gasteiger partial charge is 0.481 e. The summed E-state index contributed by atoms with van der Waals surface area (Å²) in [4.78, 5) is 4.06. The third-order valence-corrected chi connectivity index (χ3v) is 2.13. The Hall–Kier alpha value is -0.650. The third-order valence-electron chi connectivity index (χ3n) is 1.69. The molecule has 1 rings (SSSR count). The van der Waals surface area contributed by atoms with Crippen molar-refractivity contribution in [3.05, 3.63) is 22.3 Å². The summed E-state index contributed by atoms with van der Waals surface area (Å²) in [5.74, 6) is 0.529. The van der Waals surface area contributed by atoms with Gasteiger partial charge in [0, 0.05) is 28.8 Å². The first-order chi connectivity index (χ1) is 6.19. The molecule has 0 aliphatic rings. The summed E-state index contributed by atoms with van der Waals surface area (Å²) >= 11 is 3.31. The van der Waals surface area contributed by atoms with Gasteiger partial charge in [0.05, 0.1) is 7.11 Å². The van der Waals surface area contributed by atoms with Crippen molar-refractivity contribution in [2.24, 2.45) is 11.5 Å². The summed E-state index contributed by atoms with van der Waals surface area (Å²) in [6.07, 6.45) is 1.66. The van der Waals surface area contributed by atoms with E-state index in [1.54, 1.807) is 13.3 Å². The average Bonchev–Trinajstić information content (AvgIpc) is 2.16. The molecule has 0 radical (unpaired) electrons. The minimum absolute atomic E-state index is 0.236. The Balaban J connectivity index is 3.07. The van der Waals surface area contributed by atoms with Crippen molar-refractivity contribution in [2.75, 3.05) is 13.7 Å². The molecule has 1 aromatic heterocycles. The van der Waals surface area contributed by atoms with Crippen molar-refractivity contribution in [1.29, 1.82) is 0 Å². The monoisotopic (exact) mass is 245 g/mol. The number of halogens is 1. The normalized spacial score (nSPS) is 12.6. The van der Waals surface area contributed by atoms with Crippen LogP contribution in [0.15, 0.2) is 16.7 Å². The van der Waals surface area contributed by atoms with Crippen LogP contribution in [0.1, 0.15) is 11.6 Å². The molecule has 0 aromatic carbocycles. The SMILES string of the molecule is COc1ncc(Br)cc1C(N)CN. The quantitative estimate of drug-likeness (QED) is 0.827. The van der Waals surface area contributed by atoms with Gasteiger partial charge in [0.1, 0.15) is 0 Å². The number of nitrogens with zero attached hydrogens (tertiary/aromatic N) is 1. The molecule has 5 heteroatoms. The number of aromatic nitrogens is 1. The number of pyridine rings is 1. The molecule has 1 atom stereocenters. The molecule has 4 N–H and O–H groups in total. The van der Waals surface area contributed by atoms with Crippen molar-refractivity contribution in [3.63, 3.8) is 0 Å². The Kier molecular flexibility index (Phi) is 3.65. The molecule has 0 fully saturated rings. The van der Waals surface area contributed by atoms with E-state index in [0.717, 1.165) is 10.0 Å². The molecule has 0 aliphatic heterocycles. The minimum atomic E-state index is -0.236. The highest BCUT2D eigenvalue weighted by Gasteiger charge is 2.11. The minimum Gasteiger partial charge on any atom is -0.481 e. The first kappa shape index (κ1) is 10.4. The molecule has 1 heterocycles. The van der Waals surface area contributed by atoms with E-state index in [0.29, 0.717) is 12.4 Å². The number of rotatable bonds is 3. The van der Waals surface area contributed by atoms with Gasteiger partial charge in [-0.3, -0.25) is 0 Å². The van der Waals surface area contributed by atoms with Gasteiger partial charge in [-0.2, -0.15) is 0 Å². The highest BCUT2D eigenvalue weighted by Crippen LogP contribution is 2.23. The Morgan fingerprint density at radius 3 is 2.92 bits per heavy atom. The van der Waals surface area contributed by atoms with E-state index in [2.05, 4.69) is 20.9 Å². The van der Waals surface area contributed by atoms with Gasteiger partial charge < -0.3 is 16.2 Å². The summed E-state index contributed by atoms with van der Waals surface area (Å²) in [7, 11) is 1.56. The molecule has 0 aliphatic carbocycles. The van der Waals surface area contributed by atoms with Crippen molar-refractivity contribution < 1.29 is 4.74 Å². The van der Waals surface area contributed by atoms with E-state index in [4.69, 9.17) is 16.2 Å². The fourth-order valence-corrected chi connectivity index (χ4v) is 1.35. The molecule has 0 spiro atoms. The molecule has 4 nitrogen and oxygen atoms in total. The van der Waals surface area contributed by atoms with Gasteiger partial charge in [-0.1, -0.05) is 0 Å². The van der Waals surface area contributed by atoms with Crippen LogP contribution in [0.3, 0.4) is 0 Å². The maximum absolute atomic E-state index is 5.77. The Morgan fingerprint density at radius 2 is 2.38 bits per heavy atom. The molecule has 0 amide bonds. The van der Waals surface area contributed by atoms with Gasteiger partial charge in [0.2, 0.25) is 5.88 Å². The summed E-state index contributed by atoms with van der Waals surface area (Å²) in [5.41, 5.74) is 12.0. The molecule has 1 aromatic rings. The van der Waals surface area contributed by atoms with E-state index in [9.17, 15) is 0 Å². The maximum Gasteiger partial charge on any atom is 0.217 e. The standard InChI is InChI=1S/C8H12BrN3O/c1-13-8-6(7(11)3-10)2-5(9)4-12-8/h2,4,7H,3,10-11H2,1H3. The topological polar surface area (TPSA) is 74.2 Å². The summed E-state index contributed by atoms with van der Waals surface area (Å²) < 4.78 is 5.92. The van der Waals surface area contributed by atoms with Crippen molar-refractivity contribution in [1.82, 2.24) is 4.98 Å². The summed E-state index contributed by atoms with van der Waals surface area (Å²) in [5, 5.41) is 0. The fourth-order valence-electron chi connectivity index (χ4n) is 1.01. The molecule has 0 saturated carbocycles. The molecule has 0 bridgehead atoms. The summed E-state index contributed by atoms with van der Waals surface area (Å²) in [6, 6.07) is 1.63. The zero-order valence-electron chi connectivity index (χ0n) is 7.33. The number of hydrogen-bond acceptors (Lipinski definition) is 4. The van der Waals surface area contributed by atoms with Gasteiger partial charge >= 0.3 is 0 Å². The molecule has 1 unspecified atom stereocenters. The van der Waals surface area contributed by atoms with E-state index in [-0.39, 0.29) is 6.04 Å². The zero-order chi connectivity index (χ0) is 9.84. The van der Waals surface area contributed by atoms with Gasteiger partial charge in [-0.05, 0) is 22.0 Å². The van der Waals surface area contributed by atoms with E-state index < -0.39 is 0 Å². The van der Waals surface area contributed by atoms with Gasteiger partial charge in [0.15, 0.2) is 0 Å². The van der Waals surface area contributed by atoms with Crippen LogP contribution in [0.4, 0.5) is 0 Å². The molecule has 0 saturated heterocycles. The zero-order valence-corrected chi connectivity index (χ0v) is 8.91. The van der Waals surface area contributed by atoms with E-state index in [1.807, 2.05) is 6.07 Å². The highest BCUT2D eigenvalue weighted by atomic mass is 79.9. The number of methoxy groups -OCH3 is 1. The van der Waals surface area contributed by atoms with Crippen LogP contribution >= 0.6 is 15.9 Å². The highest BCUT2D eigenvalue weighted by molar-refractivity contribution is 9.10. The second-order valence-electron chi connectivity index (χ2n) is 2.59. The number of hydrogen-bond donors (Lipinski definition) is 2. The smallest absolute Gasteiger partial charge is 0.217 e. The molecular weight excluding hydrogens is 234 g/mol. The fraction of sp³-hybridized carbons (Fsp3) is 0.375. The lowest BCUT2D eigenvalue weighted by atomic mass is 10.1. The second-order valence-corrected chi connectivity index (χ2v) is 3.51. The molecular formula is C8H12BrN3O. The Bertz CT molecular complexity index is 293. The van der Waals surface area contributed by atoms with Crippen LogP contribution in [0.2, 0.25) is 0 Å². The van der Waals surface area contributed by atoms with E-state index >= 15 is 0 Å². The molecule has 72 valence electrons. The second kappa shape index (κ2) is 4.55. The van der Waals surface area contributed by atoms with Crippen LogP contribution in [-0.2, 0) is 0 Å². The Morgan fingerprint density at radius 1 is 1.69 bits per heavy atom. The van der Waals surface area contributed by atoms with Gasteiger partial charge in [-0.25, -0.2) is 4.98 Å². The predicted octanol–water partition coefficient (Wildman–Crippen LogP) is 0.811. The van der Waals surface area contributed by atoms with Crippen LogP contribution in [0.5, 0.6) is 5.88 Å². The van der Waals surface area contributed by atoms with Crippen LogP contribution < -0.4 is 16.2 Å². The van der Waals surface area contributed by atoms with Crippen LogP contribution in [0.25, 0.3) is 0 Å². The molecule has 13 heavy (non-hydrogen) atoms. The van der Waals surface area contributed by atoms with Crippen LogP contribution in [-0.4, -0.2) is 18.6 Å². The first-order valence-corrected chi connectivity index (χ1v) is 4.63. The van der Waals surface area contributed by atoms with Gasteiger partial charge in [0.25, 0.3) is 0 Å². The number of nitrogens with two attached hydrogens (primary N) is 2. The maximum atomic E-state index is 5.77. The number of ether oxygens (including phenoxy) is 1. The van der Waals surface area contributed by atoms with Crippen LogP contribution in [0, 0.1) is 0 Å². The predicted molar refractivity (Wildman–Crippen MR) is 54.5 cm³/mol. The lowest BCUT2D eigenvalue weighted by Gasteiger charge is -2.12. The van der Waals surface area contributed by atoms with Gasteiger partial charge in [-0.15, -0.1) is 0 Å². The van der Waals surface area contributed by atoms with E-state index in [1.165, 1.54) is 0 Å². The van der Waals surface area contributed by atoms with Crippen molar-refractivity contribution >= 4 is 15.9 Å². The lowest BCUT2D eigenvalue weighted by molar-refractivity contribution is 0.388. The summed E-state index contributed by atoms with van der Waals surface area (Å²) in [6.45, 7) is 0.370. The van der Waals surface area contributed by atoms with Crippen molar-refractivity contribution in [3.8, 4) is 5.88 Å². The lowest BCUT2D eigenvalue weighted by Crippen LogP contribution is -2.21. The average molecular weight is 246 g/mol. The first-order valence-electron chi connectivity index (χ1n) is 3.84. The van der Waals surface area contributed by atoms with Crippen molar-refractivity contribution in [2.45, 2.75) is 6.04 Å². The Labute approximate surface area is 85.4 Å².